The van der Waals surface area contributed by atoms with E-state index in [9.17, 15) is 62.7 Å². The van der Waals surface area contributed by atoms with Crippen molar-refractivity contribution < 1.29 is 86.7 Å². The van der Waals surface area contributed by atoms with Crippen molar-refractivity contribution in [1.29, 1.82) is 0 Å². The van der Waals surface area contributed by atoms with E-state index >= 15 is 0 Å². The first-order chi connectivity index (χ1) is 19.7. The summed E-state index contributed by atoms with van der Waals surface area (Å²) in [5, 5.41) is 8.74. The van der Waals surface area contributed by atoms with Gasteiger partial charge in [0.25, 0.3) is 5.60 Å². The summed E-state index contributed by atoms with van der Waals surface area (Å²) in [5.41, 5.74) is -10.5. The van der Waals surface area contributed by atoms with E-state index in [2.05, 4.69) is 14.2 Å². The van der Waals surface area contributed by atoms with Gasteiger partial charge in [-0.3, -0.25) is 14.4 Å². The van der Waals surface area contributed by atoms with Gasteiger partial charge in [0.2, 0.25) is 5.60 Å². The third-order valence-corrected chi connectivity index (χ3v) is 7.26. The number of ether oxygens (including phenoxy) is 4. The molecule has 0 amide bonds. The van der Waals surface area contributed by atoms with Crippen LogP contribution in [0, 0.1) is 16.7 Å². The summed E-state index contributed by atoms with van der Waals surface area (Å²) in [6.45, 7) is 7.99. The highest BCUT2D eigenvalue weighted by Gasteiger charge is 2.86. The highest BCUT2D eigenvalue weighted by molar-refractivity contribution is 5.77. The predicted octanol–water partition coefficient (Wildman–Crippen LogP) is 6.67. The van der Waals surface area contributed by atoms with Crippen molar-refractivity contribution >= 4 is 17.9 Å². The Kier molecular flexibility index (Phi) is 12.6. The van der Waals surface area contributed by atoms with Gasteiger partial charge in [0, 0.05) is 0 Å². The Labute approximate surface area is 251 Å². The Morgan fingerprint density at radius 1 is 0.800 bits per heavy atom. The van der Waals surface area contributed by atoms with Crippen LogP contribution < -0.4 is 0 Å². The van der Waals surface area contributed by atoms with Gasteiger partial charge in [-0.1, -0.05) is 27.7 Å². The van der Waals surface area contributed by atoms with Crippen LogP contribution in [0.15, 0.2) is 0 Å². The number of esters is 3. The maximum absolute atomic E-state index is 14.9. The lowest BCUT2D eigenvalue weighted by molar-refractivity contribution is -0.410. The van der Waals surface area contributed by atoms with Crippen molar-refractivity contribution in [3.8, 4) is 0 Å². The zero-order chi connectivity index (χ0) is 36.5. The van der Waals surface area contributed by atoms with Crippen LogP contribution in [0.4, 0.5) is 48.3 Å². The SMILES string of the molecule is CCC(C)(C)C(=O)OC1(C)COC(OC(=O)C(C)C)(C(F)(F)F)C1(F)F.CCC(C)(C)C(=O)OCC(O)(C(F)(F)F)C(F)(F)F. The van der Waals surface area contributed by atoms with Crippen molar-refractivity contribution in [2.75, 3.05) is 13.2 Å². The fourth-order valence-electron chi connectivity index (χ4n) is 2.85. The van der Waals surface area contributed by atoms with Crippen LogP contribution in [0.25, 0.3) is 0 Å². The Hall–Kier alpha value is -2.44. The van der Waals surface area contributed by atoms with E-state index in [1.54, 1.807) is 6.92 Å². The minimum Gasteiger partial charge on any atom is -0.461 e. The summed E-state index contributed by atoms with van der Waals surface area (Å²) < 4.78 is 161. The van der Waals surface area contributed by atoms with Gasteiger partial charge in [0.15, 0.2) is 0 Å². The second-order valence-corrected chi connectivity index (χ2v) is 12.1. The average molecular weight is 687 g/mol. The lowest BCUT2D eigenvalue weighted by atomic mass is 9.89. The molecule has 1 heterocycles. The summed E-state index contributed by atoms with van der Waals surface area (Å²) in [4.78, 5) is 35.1. The van der Waals surface area contributed by atoms with Gasteiger partial charge in [-0.25, -0.2) is 0 Å². The molecule has 1 aliphatic heterocycles. The largest absolute Gasteiger partial charge is 0.462 e. The summed E-state index contributed by atoms with van der Waals surface area (Å²) in [6.07, 6.45) is -17.4. The van der Waals surface area contributed by atoms with Gasteiger partial charge in [-0.15, -0.1) is 0 Å². The molecule has 0 radical (unpaired) electrons. The molecular formula is C26H37F11O8. The summed E-state index contributed by atoms with van der Waals surface area (Å²) in [6, 6.07) is 0. The Morgan fingerprint density at radius 2 is 1.20 bits per heavy atom. The maximum atomic E-state index is 14.9. The van der Waals surface area contributed by atoms with Crippen LogP contribution in [0.2, 0.25) is 0 Å². The van der Waals surface area contributed by atoms with E-state index in [-0.39, 0.29) is 12.8 Å². The summed E-state index contributed by atoms with van der Waals surface area (Å²) in [7, 11) is 0. The van der Waals surface area contributed by atoms with Crippen LogP contribution in [0.3, 0.4) is 0 Å². The van der Waals surface area contributed by atoms with Crippen molar-refractivity contribution in [3.05, 3.63) is 0 Å². The number of rotatable bonds is 9. The zero-order valence-electron chi connectivity index (χ0n) is 25.9. The van der Waals surface area contributed by atoms with Crippen LogP contribution in [0.5, 0.6) is 0 Å². The topological polar surface area (TPSA) is 108 Å². The van der Waals surface area contributed by atoms with Crippen molar-refractivity contribution in [3.63, 3.8) is 0 Å². The lowest BCUT2D eigenvalue weighted by Crippen LogP contribution is -2.65. The number of carbonyl (C=O) groups is 3. The van der Waals surface area contributed by atoms with E-state index in [0.29, 0.717) is 6.92 Å². The number of hydrogen-bond acceptors (Lipinski definition) is 8. The third-order valence-electron chi connectivity index (χ3n) is 7.26. The van der Waals surface area contributed by atoms with E-state index in [4.69, 9.17) is 9.84 Å². The van der Waals surface area contributed by atoms with Gasteiger partial charge in [-0.05, 0) is 47.5 Å². The second kappa shape index (κ2) is 13.4. The Balaban J connectivity index is 0.000000907. The molecule has 0 aliphatic carbocycles. The molecule has 1 rings (SSSR count). The second-order valence-electron chi connectivity index (χ2n) is 12.1. The summed E-state index contributed by atoms with van der Waals surface area (Å²) in [5.74, 6) is -14.4. The molecule has 1 aliphatic rings. The molecule has 266 valence electrons. The predicted molar refractivity (Wildman–Crippen MR) is 131 cm³/mol. The Morgan fingerprint density at radius 3 is 1.53 bits per heavy atom. The highest BCUT2D eigenvalue weighted by atomic mass is 19.4. The Bertz CT molecular complexity index is 1050. The van der Waals surface area contributed by atoms with Crippen LogP contribution in [0.1, 0.15) is 75.2 Å². The quantitative estimate of drug-likeness (QED) is 0.163. The van der Waals surface area contributed by atoms with Crippen LogP contribution in [-0.4, -0.2) is 77.7 Å². The molecule has 0 aromatic carbocycles. The molecule has 2 unspecified atom stereocenters. The molecule has 8 nitrogen and oxygen atoms in total. The standard InChI is InChI=1S/C16H23F5O5.C10H14F6O3/c1-7-12(4,5)11(23)26-13(6)8-24-15(14(13,17)18,16(19,20)21)25-10(22)9(2)3;1-4-7(2,3)6(17)19-5-8(18,9(11,12)13)10(14,15)16/h9H,7-8H2,1-6H3;18H,4-5H2,1-3H3. The van der Waals surface area contributed by atoms with E-state index in [1.165, 1.54) is 48.5 Å². The fourth-order valence-corrected chi connectivity index (χ4v) is 2.85. The molecule has 0 aromatic heterocycles. The molecule has 45 heavy (non-hydrogen) atoms. The van der Waals surface area contributed by atoms with Crippen molar-refractivity contribution in [2.24, 2.45) is 16.7 Å². The molecule has 0 bridgehead atoms. The molecule has 1 fully saturated rings. The van der Waals surface area contributed by atoms with Gasteiger partial charge in [-0.2, -0.15) is 48.3 Å². The molecule has 1 saturated heterocycles. The van der Waals surface area contributed by atoms with Gasteiger partial charge < -0.3 is 24.1 Å². The first kappa shape index (κ1) is 42.6. The first-order valence-electron chi connectivity index (χ1n) is 13.2. The number of alkyl halides is 11. The van der Waals surface area contributed by atoms with Crippen molar-refractivity contribution in [1.82, 2.24) is 0 Å². The zero-order valence-corrected chi connectivity index (χ0v) is 25.9. The van der Waals surface area contributed by atoms with E-state index in [0.717, 1.165) is 0 Å². The minimum atomic E-state index is -6.00. The molecular weight excluding hydrogens is 649 g/mol. The fraction of sp³-hybridized carbons (Fsp3) is 0.885. The lowest BCUT2D eigenvalue weighted by Gasteiger charge is -2.39. The molecule has 0 aromatic rings. The third kappa shape index (κ3) is 8.48. The molecule has 1 N–H and O–H groups in total. The van der Waals surface area contributed by atoms with Crippen molar-refractivity contribution in [2.45, 2.75) is 117 Å². The van der Waals surface area contributed by atoms with Crippen LogP contribution in [-0.2, 0) is 33.3 Å². The van der Waals surface area contributed by atoms with E-state index in [1.807, 2.05) is 0 Å². The average Bonchev–Trinajstić information content (AvgIpc) is 3.06. The molecule has 0 spiro atoms. The molecule has 0 saturated carbocycles. The highest BCUT2D eigenvalue weighted by Crippen LogP contribution is 2.57. The smallest absolute Gasteiger partial charge is 0.461 e. The number of hydrogen-bond donors (Lipinski definition) is 1. The molecule has 19 heteroatoms. The number of halogens is 11. The van der Waals surface area contributed by atoms with Gasteiger partial charge in [0.05, 0.1) is 23.4 Å². The minimum absolute atomic E-state index is 0.155. The first-order valence-corrected chi connectivity index (χ1v) is 13.2. The van der Waals surface area contributed by atoms with E-state index < -0.39 is 89.3 Å². The molecule has 2 atom stereocenters. The van der Waals surface area contributed by atoms with Crippen LogP contribution >= 0.6 is 0 Å². The maximum Gasteiger partial charge on any atom is 0.462 e. The normalized spacial score (nSPS) is 22.8. The number of carbonyl (C=O) groups excluding carboxylic acids is 3. The van der Waals surface area contributed by atoms with Gasteiger partial charge in [0.1, 0.15) is 6.61 Å². The van der Waals surface area contributed by atoms with Gasteiger partial charge >= 0.3 is 48.1 Å². The summed E-state index contributed by atoms with van der Waals surface area (Å²) >= 11 is 0. The monoisotopic (exact) mass is 686 g/mol. The number of aliphatic hydroxyl groups is 1.